The van der Waals surface area contributed by atoms with Gasteiger partial charge in [0.05, 0.1) is 5.69 Å². The number of aryl methyl sites for hydroxylation is 1. The van der Waals surface area contributed by atoms with E-state index in [0.717, 1.165) is 0 Å². The van der Waals surface area contributed by atoms with Crippen molar-refractivity contribution in [1.82, 2.24) is 9.97 Å². The molecule has 0 saturated carbocycles. The van der Waals surface area contributed by atoms with E-state index in [9.17, 15) is 4.79 Å². The summed E-state index contributed by atoms with van der Waals surface area (Å²) in [5.41, 5.74) is 0.216. The second-order valence-corrected chi connectivity index (χ2v) is 5.60. The maximum atomic E-state index is 11.3. The van der Waals surface area contributed by atoms with Crippen LogP contribution in [-0.4, -0.2) is 9.97 Å². The number of nitrogens with zero attached hydrogens (tertiary/aromatic N) is 1. The molecule has 1 aromatic heterocycles. The highest BCUT2D eigenvalue weighted by Crippen LogP contribution is 2.35. The van der Waals surface area contributed by atoms with Crippen LogP contribution >= 0.6 is 50.7 Å². The maximum absolute atomic E-state index is 11.3. The van der Waals surface area contributed by atoms with Gasteiger partial charge in [-0.05, 0) is 22.4 Å². The first-order valence-corrected chi connectivity index (χ1v) is 5.64. The van der Waals surface area contributed by atoms with E-state index in [4.69, 9.17) is 34.8 Å². The van der Waals surface area contributed by atoms with Gasteiger partial charge in [-0.1, -0.05) is 41.7 Å². The first-order chi connectivity index (χ1) is 6.36. The molecule has 0 amide bonds. The molecule has 0 aliphatic carbocycles. The molecule has 0 aliphatic rings. The van der Waals surface area contributed by atoms with Crippen molar-refractivity contribution in [3.05, 3.63) is 26.3 Å². The van der Waals surface area contributed by atoms with Gasteiger partial charge in [0.1, 0.15) is 4.47 Å². The van der Waals surface area contributed by atoms with Crippen LogP contribution in [0.2, 0.25) is 0 Å². The van der Waals surface area contributed by atoms with E-state index in [1.54, 1.807) is 0 Å². The molecule has 1 heterocycles. The largest absolute Gasteiger partial charge is 0.306 e. The van der Waals surface area contributed by atoms with Crippen molar-refractivity contribution in [2.45, 2.75) is 17.1 Å². The summed E-state index contributed by atoms with van der Waals surface area (Å²) in [7, 11) is 0. The van der Waals surface area contributed by atoms with Gasteiger partial charge in [0.25, 0.3) is 5.56 Å². The van der Waals surface area contributed by atoms with Gasteiger partial charge in [0.2, 0.25) is 3.79 Å². The van der Waals surface area contributed by atoms with Crippen molar-refractivity contribution in [2.75, 3.05) is 0 Å². The lowest BCUT2D eigenvalue weighted by Crippen LogP contribution is -2.19. The number of aromatic amines is 1. The Morgan fingerprint density at radius 1 is 1.50 bits per heavy atom. The first kappa shape index (κ1) is 12.3. The fourth-order valence-electron chi connectivity index (χ4n) is 0.874. The Hall–Kier alpha value is 0.230. The average Bonchev–Trinajstić information content (AvgIpc) is 2.07. The normalized spacial score (nSPS) is 11.8. The molecular formula is C7H6BrCl3N2O. The third-order valence-corrected chi connectivity index (χ3v) is 2.89. The standard InChI is InChI=1S/C7H6BrCl3N2O/c1-2-3-4(8)5(14)13-6(12-3)7(9,10)11/h2H2,1H3,(H,12,13,14). The molecule has 0 spiro atoms. The highest BCUT2D eigenvalue weighted by atomic mass is 79.9. The van der Waals surface area contributed by atoms with Crippen molar-refractivity contribution in [3.63, 3.8) is 0 Å². The fraction of sp³-hybridized carbons (Fsp3) is 0.429. The summed E-state index contributed by atoms with van der Waals surface area (Å²) >= 11 is 19.9. The molecule has 1 aromatic rings. The molecule has 0 radical (unpaired) electrons. The monoisotopic (exact) mass is 318 g/mol. The minimum atomic E-state index is -1.70. The zero-order valence-corrected chi connectivity index (χ0v) is 10.9. The predicted molar refractivity (Wildman–Crippen MR) is 61.2 cm³/mol. The molecule has 0 saturated heterocycles. The van der Waals surface area contributed by atoms with Crippen LogP contribution in [0.15, 0.2) is 9.27 Å². The average molecular weight is 320 g/mol. The molecule has 7 heteroatoms. The number of halogens is 4. The summed E-state index contributed by atoms with van der Waals surface area (Å²) < 4.78 is -1.33. The van der Waals surface area contributed by atoms with Gasteiger partial charge < -0.3 is 4.98 Å². The summed E-state index contributed by atoms with van der Waals surface area (Å²) in [5, 5.41) is 0. The van der Waals surface area contributed by atoms with Gasteiger partial charge in [0.15, 0.2) is 5.82 Å². The lowest BCUT2D eigenvalue weighted by atomic mass is 10.3. The van der Waals surface area contributed by atoms with E-state index >= 15 is 0 Å². The third kappa shape index (κ3) is 2.63. The topological polar surface area (TPSA) is 45.8 Å². The molecule has 78 valence electrons. The van der Waals surface area contributed by atoms with Crippen LogP contribution in [0.5, 0.6) is 0 Å². The van der Waals surface area contributed by atoms with Gasteiger partial charge >= 0.3 is 0 Å². The number of hydrogen-bond acceptors (Lipinski definition) is 2. The van der Waals surface area contributed by atoms with Crippen LogP contribution in [0.3, 0.4) is 0 Å². The molecule has 3 nitrogen and oxygen atoms in total. The van der Waals surface area contributed by atoms with Crippen LogP contribution in [0.1, 0.15) is 18.4 Å². The molecule has 0 atom stereocenters. The van der Waals surface area contributed by atoms with E-state index < -0.39 is 3.79 Å². The molecule has 14 heavy (non-hydrogen) atoms. The van der Waals surface area contributed by atoms with Crippen LogP contribution < -0.4 is 5.56 Å². The zero-order valence-electron chi connectivity index (χ0n) is 7.07. The maximum Gasteiger partial charge on any atom is 0.265 e. The second-order valence-electron chi connectivity index (χ2n) is 2.53. The number of hydrogen-bond donors (Lipinski definition) is 1. The van der Waals surface area contributed by atoms with Gasteiger partial charge in [-0.15, -0.1) is 0 Å². The quantitative estimate of drug-likeness (QED) is 0.809. The van der Waals surface area contributed by atoms with Crippen molar-refractivity contribution in [1.29, 1.82) is 0 Å². The van der Waals surface area contributed by atoms with Crippen molar-refractivity contribution >= 4 is 50.7 Å². The molecule has 1 rings (SSSR count). The van der Waals surface area contributed by atoms with Crippen LogP contribution in [0, 0.1) is 0 Å². The number of aromatic nitrogens is 2. The van der Waals surface area contributed by atoms with Gasteiger partial charge in [-0.3, -0.25) is 4.79 Å². The smallest absolute Gasteiger partial charge is 0.265 e. The van der Waals surface area contributed by atoms with Crippen LogP contribution in [0.25, 0.3) is 0 Å². The molecular weight excluding hydrogens is 314 g/mol. The van der Waals surface area contributed by atoms with E-state index in [1.165, 1.54) is 0 Å². The Kier molecular flexibility index (Phi) is 3.86. The number of H-pyrrole nitrogens is 1. The second kappa shape index (κ2) is 4.39. The first-order valence-electron chi connectivity index (χ1n) is 3.72. The Bertz CT molecular complexity index is 399. The summed E-state index contributed by atoms with van der Waals surface area (Å²) in [6, 6.07) is 0. The number of rotatable bonds is 1. The zero-order chi connectivity index (χ0) is 10.9. The molecule has 0 fully saturated rings. The Balaban J connectivity index is 3.38. The molecule has 0 bridgehead atoms. The lowest BCUT2D eigenvalue weighted by molar-refractivity contribution is 0.875. The highest BCUT2D eigenvalue weighted by Gasteiger charge is 2.27. The lowest BCUT2D eigenvalue weighted by Gasteiger charge is -2.11. The van der Waals surface area contributed by atoms with E-state index in [2.05, 4.69) is 25.9 Å². The molecule has 0 aliphatic heterocycles. The summed E-state index contributed by atoms with van der Waals surface area (Å²) in [6.45, 7) is 1.86. The Labute approximate surface area is 104 Å². The van der Waals surface area contributed by atoms with Crippen molar-refractivity contribution in [2.24, 2.45) is 0 Å². The minimum absolute atomic E-state index is 0.0348. The predicted octanol–water partition coefficient (Wildman–Crippen LogP) is 2.92. The van der Waals surface area contributed by atoms with E-state index in [0.29, 0.717) is 16.6 Å². The molecule has 1 N–H and O–H groups in total. The van der Waals surface area contributed by atoms with E-state index in [-0.39, 0.29) is 11.4 Å². The highest BCUT2D eigenvalue weighted by molar-refractivity contribution is 9.10. The number of alkyl halides is 3. The van der Waals surface area contributed by atoms with Crippen molar-refractivity contribution in [3.8, 4) is 0 Å². The van der Waals surface area contributed by atoms with E-state index in [1.807, 2.05) is 6.92 Å². The van der Waals surface area contributed by atoms with Crippen LogP contribution in [0.4, 0.5) is 0 Å². The van der Waals surface area contributed by atoms with Crippen molar-refractivity contribution < 1.29 is 0 Å². The molecule has 0 unspecified atom stereocenters. The minimum Gasteiger partial charge on any atom is -0.306 e. The Morgan fingerprint density at radius 3 is 2.50 bits per heavy atom. The number of nitrogens with one attached hydrogen (secondary N) is 1. The van der Waals surface area contributed by atoms with Gasteiger partial charge in [0, 0.05) is 0 Å². The summed E-state index contributed by atoms with van der Waals surface area (Å²) in [4.78, 5) is 17.8. The summed E-state index contributed by atoms with van der Waals surface area (Å²) in [6.07, 6.45) is 0.582. The summed E-state index contributed by atoms with van der Waals surface area (Å²) in [5.74, 6) is 0.0348. The SMILES string of the molecule is CCc1nc(C(Cl)(Cl)Cl)[nH]c(=O)c1Br. The third-order valence-electron chi connectivity index (χ3n) is 1.53. The molecule has 0 aromatic carbocycles. The van der Waals surface area contributed by atoms with Crippen LogP contribution in [-0.2, 0) is 10.2 Å². The fourth-order valence-corrected chi connectivity index (χ4v) is 1.61. The Morgan fingerprint density at radius 2 is 2.07 bits per heavy atom. The van der Waals surface area contributed by atoms with Gasteiger partial charge in [-0.2, -0.15) is 0 Å². The van der Waals surface area contributed by atoms with Gasteiger partial charge in [-0.25, -0.2) is 4.98 Å².